The zero-order valence-electron chi connectivity index (χ0n) is 11.2. The van der Waals surface area contributed by atoms with Crippen molar-refractivity contribution in [3.8, 4) is 0 Å². The monoisotopic (exact) mass is 248 g/mol. The zero-order valence-corrected chi connectivity index (χ0v) is 11.2. The molecule has 4 nitrogen and oxygen atoms in total. The van der Waals surface area contributed by atoms with Gasteiger partial charge in [0.15, 0.2) is 5.82 Å². The van der Waals surface area contributed by atoms with Crippen molar-refractivity contribution < 1.29 is 0 Å². The van der Waals surface area contributed by atoms with Gasteiger partial charge in [-0.3, -0.25) is 5.10 Å². The largest absolute Gasteiger partial charge is 0.303 e. The standard InChI is InChI=1S/C14H24N4/c1-2-6-12(7-3-1)14-15-13(16-17-14)8-11-18-9-4-5-10-18/h12H,1-11H2,(H,15,16,17). The van der Waals surface area contributed by atoms with Gasteiger partial charge < -0.3 is 4.90 Å². The van der Waals surface area contributed by atoms with Crippen LogP contribution < -0.4 is 0 Å². The second-order valence-electron chi connectivity index (χ2n) is 5.77. The third kappa shape index (κ3) is 2.91. The molecule has 1 saturated heterocycles. The van der Waals surface area contributed by atoms with Gasteiger partial charge in [0.2, 0.25) is 0 Å². The van der Waals surface area contributed by atoms with Crippen molar-refractivity contribution in [1.82, 2.24) is 20.1 Å². The second-order valence-corrected chi connectivity index (χ2v) is 5.77. The van der Waals surface area contributed by atoms with Crippen LogP contribution in [0.4, 0.5) is 0 Å². The molecule has 2 fully saturated rings. The molecule has 100 valence electrons. The summed E-state index contributed by atoms with van der Waals surface area (Å²) in [4.78, 5) is 7.23. The van der Waals surface area contributed by atoms with Gasteiger partial charge in [0.05, 0.1) is 0 Å². The maximum Gasteiger partial charge on any atom is 0.153 e. The van der Waals surface area contributed by atoms with Gasteiger partial charge in [-0.05, 0) is 38.8 Å². The number of aromatic amines is 1. The van der Waals surface area contributed by atoms with Crippen molar-refractivity contribution in [2.24, 2.45) is 0 Å². The summed E-state index contributed by atoms with van der Waals surface area (Å²) in [6, 6.07) is 0. The smallest absolute Gasteiger partial charge is 0.153 e. The van der Waals surface area contributed by atoms with E-state index in [-0.39, 0.29) is 0 Å². The summed E-state index contributed by atoms with van der Waals surface area (Å²) in [6.45, 7) is 3.67. The molecule has 4 heteroatoms. The number of rotatable bonds is 4. The SMILES string of the molecule is C1CCC(c2n[nH]c(CCN3CCCC3)n2)CC1. The Morgan fingerprint density at radius 3 is 2.61 bits per heavy atom. The molecule has 0 unspecified atom stereocenters. The lowest BCUT2D eigenvalue weighted by Gasteiger charge is -2.18. The Labute approximate surface area is 109 Å². The Bertz CT molecular complexity index is 362. The molecule has 1 saturated carbocycles. The van der Waals surface area contributed by atoms with E-state index in [2.05, 4.69) is 15.1 Å². The van der Waals surface area contributed by atoms with Crippen LogP contribution >= 0.6 is 0 Å². The average molecular weight is 248 g/mol. The first kappa shape index (κ1) is 12.2. The van der Waals surface area contributed by atoms with Crippen molar-refractivity contribution >= 4 is 0 Å². The van der Waals surface area contributed by atoms with Gasteiger partial charge in [-0.1, -0.05) is 19.3 Å². The van der Waals surface area contributed by atoms with E-state index < -0.39 is 0 Å². The first-order chi connectivity index (χ1) is 8.92. The minimum Gasteiger partial charge on any atom is -0.303 e. The zero-order chi connectivity index (χ0) is 12.2. The fourth-order valence-corrected chi connectivity index (χ4v) is 3.24. The van der Waals surface area contributed by atoms with Crippen molar-refractivity contribution in [2.75, 3.05) is 19.6 Å². The highest BCUT2D eigenvalue weighted by molar-refractivity contribution is 4.99. The Hall–Kier alpha value is -0.900. The maximum absolute atomic E-state index is 4.70. The van der Waals surface area contributed by atoms with Crippen LogP contribution in [0, 0.1) is 0 Å². The predicted molar refractivity (Wildman–Crippen MR) is 71.6 cm³/mol. The van der Waals surface area contributed by atoms with Crippen molar-refractivity contribution in [2.45, 2.75) is 57.3 Å². The van der Waals surface area contributed by atoms with E-state index in [4.69, 9.17) is 4.98 Å². The van der Waals surface area contributed by atoms with Crippen LogP contribution in [0.2, 0.25) is 0 Å². The lowest BCUT2D eigenvalue weighted by Crippen LogP contribution is -2.22. The Morgan fingerprint density at radius 2 is 1.83 bits per heavy atom. The van der Waals surface area contributed by atoms with E-state index in [1.165, 1.54) is 58.0 Å². The summed E-state index contributed by atoms with van der Waals surface area (Å²) in [6.07, 6.45) is 10.4. The van der Waals surface area contributed by atoms with E-state index in [1.54, 1.807) is 0 Å². The molecule has 2 aliphatic rings. The number of hydrogen-bond acceptors (Lipinski definition) is 3. The van der Waals surface area contributed by atoms with Gasteiger partial charge in [0, 0.05) is 18.9 Å². The van der Waals surface area contributed by atoms with Gasteiger partial charge in [-0.15, -0.1) is 0 Å². The summed E-state index contributed by atoms with van der Waals surface area (Å²) in [5.41, 5.74) is 0. The molecule has 1 aliphatic heterocycles. The quantitative estimate of drug-likeness (QED) is 0.890. The molecule has 2 heterocycles. The molecular weight excluding hydrogens is 224 g/mol. The molecular formula is C14H24N4. The molecule has 0 spiro atoms. The van der Waals surface area contributed by atoms with Gasteiger partial charge >= 0.3 is 0 Å². The Balaban J connectivity index is 1.52. The first-order valence-electron chi connectivity index (χ1n) is 7.55. The molecule has 1 aromatic heterocycles. The van der Waals surface area contributed by atoms with E-state index in [9.17, 15) is 0 Å². The van der Waals surface area contributed by atoms with Gasteiger partial charge in [0.1, 0.15) is 5.82 Å². The summed E-state index contributed by atoms with van der Waals surface area (Å²) in [5, 5.41) is 7.57. The number of nitrogens with one attached hydrogen (secondary N) is 1. The second kappa shape index (κ2) is 5.83. The Kier molecular flexibility index (Phi) is 3.93. The highest BCUT2D eigenvalue weighted by Crippen LogP contribution is 2.30. The molecule has 0 atom stereocenters. The fraction of sp³-hybridized carbons (Fsp3) is 0.857. The highest BCUT2D eigenvalue weighted by atomic mass is 15.2. The van der Waals surface area contributed by atoms with Crippen LogP contribution in [0.15, 0.2) is 0 Å². The topological polar surface area (TPSA) is 44.8 Å². The molecule has 1 aliphatic carbocycles. The maximum atomic E-state index is 4.70. The van der Waals surface area contributed by atoms with Crippen LogP contribution in [0.1, 0.15) is 62.5 Å². The lowest BCUT2D eigenvalue weighted by atomic mass is 9.89. The minimum absolute atomic E-state index is 0.621. The Morgan fingerprint density at radius 1 is 1.06 bits per heavy atom. The highest BCUT2D eigenvalue weighted by Gasteiger charge is 2.20. The van der Waals surface area contributed by atoms with E-state index in [0.717, 1.165) is 24.6 Å². The molecule has 0 aromatic carbocycles. The summed E-state index contributed by atoms with van der Waals surface area (Å²) >= 11 is 0. The third-order valence-corrected chi connectivity index (χ3v) is 4.38. The number of hydrogen-bond donors (Lipinski definition) is 1. The number of likely N-dealkylation sites (tertiary alicyclic amines) is 1. The van der Waals surface area contributed by atoms with Crippen LogP contribution in [0.3, 0.4) is 0 Å². The van der Waals surface area contributed by atoms with Gasteiger partial charge in [-0.2, -0.15) is 5.10 Å². The fourth-order valence-electron chi connectivity index (χ4n) is 3.24. The number of H-pyrrole nitrogens is 1. The summed E-state index contributed by atoms with van der Waals surface area (Å²) < 4.78 is 0. The van der Waals surface area contributed by atoms with Crippen molar-refractivity contribution in [3.05, 3.63) is 11.6 Å². The number of aromatic nitrogens is 3. The normalized spacial score (nSPS) is 22.7. The summed E-state index contributed by atoms with van der Waals surface area (Å²) in [7, 11) is 0. The molecule has 18 heavy (non-hydrogen) atoms. The van der Waals surface area contributed by atoms with Crippen LogP contribution in [0.5, 0.6) is 0 Å². The van der Waals surface area contributed by atoms with E-state index in [1.807, 2.05) is 0 Å². The lowest BCUT2D eigenvalue weighted by molar-refractivity contribution is 0.341. The predicted octanol–water partition coefficient (Wildman–Crippen LogP) is 2.49. The van der Waals surface area contributed by atoms with Crippen LogP contribution in [0.25, 0.3) is 0 Å². The van der Waals surface area contributed by atoms with Gasteiger partial charge in [0.25, 0.3) is 0 Å². The van der Waals surface area contributed by atoms with Gasteiger partial charge in [-0.25, -0.2) is 4.98 Å². The molecule has 1 N–H and O–H groups in total. The molecule has 1 aromatic rings. The van der Waals surface area contributed by atoms with Crippen LogP contribution in [-0.2, 0) is 6.42 Å². The number of nitrogens with zero attached hydrogens (tertiary/aromatic N) is 3. The molecule has 0 radical (unpaired) electrons. The van der Waals surface area contributed by atoms with E-state index >= 15 is 0 Å². The van der Waals surface area contributed by atoms with Crippen LogP contribution in [-0.4, -0.2) is 39.7 Å². The molecule has 0 bridgehead atoms. The average Bonchev–Trinajstić information content (AvgIpc) is 3.09. The molecule has 3 rings (SSSR count). The van der Waals surface area contributed by atoms with E-state index in [0.29, 0.717) is 5.92 Å². The molecule has 0 amide bonds. The first-order valence-corrected chi connectivity index (χ1v) is 7.55. The van der Waals surface area contributed by atoms with Crippen molar-refractivity contribution in [1.29, 1.82) is 0 Å². The van der Waals surface area contributed by atoms with Crippen molar-refractivity contribution in [3.63, 3.8) is 0 Å². The minimum atomic E-state index is 0.621. The third-order valence-electron chi connectivity index (χ3n) is 4.38. The summed E-state index contributed by atoms with van der Waals surface area (Å²) in [5.74, 6) is 2.78.